The highest BCUT2D eigenvalue weighted by molar-refractivity contribution is 7.53. The van der Waals surface area contributed by atoms with Gasteiger partial charge in [-0.25, -0.2) is 0 Å². The zero-order valence-corrected chi connectivity index (χ0v) is 23.2. The third-order valence-electron chi connectivity index (χ3n) is 6.23. The third kappa shape index (κ3) is 18.3. The first-order valence-corrected chi connectivity index (χ1v) is 15.3. The Kier molecular flexibility index (Phi) is 20.1. The molecule has 2 atom stereocenters. The summed E-state index contributed by atoms with van der Waals surface area (Å²) in [5, 5.41) is 0. The van der Waals surface area contributed by atoms with Gasteiger partial charge in [0.1, 0.15) is 0 Å². The van der Waals surface area contributed by atoms with E-state index in [1.54, 1.807) is 0 Å². The van der Waals surface area contributed by atoms with Gasteiger partial charge in [0.15, 0.2) is 5.78 Å². The van der Waals surface area contributed by atoms with Crippen LogP contribution in [0.15, 0.2) is 12.2 Å². The molecular formula is C27H57NO3P+. The minimum Gasteiger partial charge on any atom is -0.320 e. The molecule has 0 bridgehead atoms. The van der Waals surface area contributed by atoms with Crippen molar-refractivity contribution in [2.24, 2.45) is 0 Å². The lowest BCUT2D eigenvalue weighted by molar-refractivity contribution is -0.883. The van der Waals surface area contributed by atoms with E-state index in [0.717, 1.165) is 19.3 Å². The average molecular weight is 475 g/mol. The zero-order chi connectivity index (χ0) is 24.1. The van der Waals surface area contributed by atoms with E-state index < -0.39 is 7.60 Å². The summed E-state index contributed by atoms with van der Waals surface area (Å²) < 4.78 is 18.6. The van der Waals surface area contributed by atoms with Crippen LogP contribution in [0.2, 0.25) is 0 Å². The van der Waals surface area contributed by atoms with Crippen molar-refractivity contribution in [2.75, 3.05) is 27.7 Å². The number of hydrogen-bond donors (Lipinski definition) is 1. The Morgan fingerprint density at radius 3 is 1.59 bits per heavy atom. The zero-order valence-electron chi connectivity index (χ0n) is 22.3. The van der Waals surface area contributed by atoms with Gasteiger partial charge in [0.2, 0.25) is 0 Å². The molecule has 0 spiro atoms. The molecule has 0 radical (unpaired) electrons. The molecule has 0 aliphatic carbocycles. The van der Waals surface area contributed by atoms with Crippen LogP contribution in [-0.4, -0.2) is 42.9 Å². The van der Waals surface area contributed by atoms with Gasteiger partial charge in [-0.1, -0.05) is 103 Å². The standard InChI is InChI=1S/C27H56NO3P/c1-6-8-9-10-11-12-13-14-15-16-17-18-19-20-21-22-23-24-26-31-32(29,30)27(25-7-2)28(3,4)5/h9-10,27H,6-8,11-26H2,1-5H3/p+1/b10-9-. The van der Waals surface area contributed by atoms with Crippen molar-refractivity contribution < 1.29 is 18.5 Å². The maximum Gasteiger partial charge on any atom is 0.385 e. The Morgan fingerprint density at radius 1 is 0.719 bits per heavy atom. The van der Waals surface area contributed by atoms with Crippen molar-refractivity contribution >= 4 is 7.60 Å². The number of nitrogens with zero attached hydrogens (tertiary/aromatic N) is 1. The van der Waals surface area contributed by atoms with Crippen molar-refractivity contribution in [2.45, 2.75) is 135 Å². The summed E-state index contributed by atoms with van der Waals surface area (Å²) in [6, 6.07) is 0. The van der Waals surface area contributed by atoms with Crippen molar-refractivity contribution in [3.63, 3.8) is 0 Å². The topological polar surface area (TPSA) is 46.5 Å². The van der Waals surface area contributed by atoms with E-state index in [1.807, 2.05) is 21.1 Å². The van der Waals surface area contributed by atoms with E-state index in [4.69, 9.17) is 4.52 Å². The Hall–Kier alpha value is -0.150. The maximum atomic E-state index is 12.6. The minimum absolute atomic E-state index is 0.333. The van der Waals surface area contributed by atoms with E-state index in [0.29, 0.717) is 17.5 Å². The van der Waals surface area contributed by atoms with Gasteiger partial charge < -0.3 is 13.9 Å². The molecule has 1 N–H and O–H groups in total. The summed E-state index contributed by atoms with van der Waals surface area (Å²) >= 11 is 0. The molecule has 0 heterocycles. The van der Waals surface area contributed by atoms with Gasteiger partial charge in [-0.3, -0.25) is 4.57 Å². The molecule has 192 valence electrons. The molecule has 0 aromatic carbocycles. The van der Waals surface area contributed by atoms with Gasteiger partial charge in [0, 0.05) is 6.42 Å². The van der Waals surface area contributed by atoms with Gasteiger partial charge in [0.05, 0.1) is 27.7 Å². The smallest absolute Gasteiger partial charge is 0.320 e. The summed E-state index contributed by atoms with van der Waals surface area (Å²) in [6.07, 6.45) is 26.9. The van der Waals surface area contributed by atoms with E-state index in [2.05, 4.69) is 26.0 Å². The largest absolute Gasteiger partial charge is 0.385 e. The Balaban J connectivity index is 3.50. The number of unbranched alkanes of at least 4 members (excludes halogenated alkanes) is 14. The molecule has 0 aromatic heterocycles. The van der Waals surface area contributed by atoms with Gasteiger partial charge in [-0.05, 0) is 32.1 Å². The highest BCUT2D eigenvalue weighted by Crippen LogP contribution is 2.51. The minimum atomic E-state index is -3.56. The quantitative estimate of drug-likeness (QED) is 0.0696. The number of hydrogen-bond acceptors (Lipinski definition) is 2. The van der Waals surface area contributed by atoms with Crippen LogP contribution in [0.25, 0.3) is 0 Å². The van der Waals surface area contributed by atoms with Crippen molar-refractivity contribution in [3.05, 3.63) is 12.2 Å². The molecule has 0 aliphatic heterocycles. The van der Waals surface area contributed by atoms with E-state index >= 15 is 0 Å². The van der Waals surface area contributed by atoms with Gasteiger partial charge >= 0.3 is 7.60 Å². The second-order valence-corrected chi connectivity index (χ2v) is 12.4. The normalized spacial score (nSPS) is 15.3. The van der Waals surface area contributed by atoms with E-state index in [9.17, 15) is 9.46 Å². The lowest BCUT2D eigenvalue weighted by Crippen LogP contribution is -2.45. The predicted molar refractivity (Wildman–Crippen MR) is 141 cm³/mol. The van der Waals surface area contributed by atoms with E-state index in [-0.39, 0.29) is 5.78 Å². The van der Waals surface area contributed by atoms with Crippen LogP contribution in [0.5, 0.6) is 0 Å². The lowest BCUT2D eigenvalue weighted by atomic mass is 10.0. The first kappa shape index (κ1) is 31.9. The van der Waals surface area contributed by atoms with Crippen LogP contribution in [0.1, 0.15) is 129 Å². The predicted octanol–water partition coefficient (Wildman–Crippen LogP) is 8.84. The Bertz CT molecular complexity index is 488. The van der Waals surface area contributed by atoms with Crippen molar-refractivity contribution in [1.82, 2.24) is 0 Å². The number of quaternary nitrogens is 1. The van der Waals surface area contributed by atoms with Gasteiger partial charge in [-0.15, -0.1) is 0 Å². The highest BCUT2D eigenvalue weighted by Gasteiger charge is 2.41. The molecule has 0 saturated carbocycles. The van der Waals surface area contributed by atoms with Crippen LogP contribution in [-0.2, 0) is 9.09 Å². The molecule has 0 saturated heterocycles. The Morgan fingerprint density at radius 2 is 1.16 bits per heavy atom. The molecule has 5 heteroatoms. The van der Waals surface area contributed by atoms with Crippen LogP contribution in [0, 0.1) is 0 Å². The fourth-order valence-corrected chi connectivity index (χ4v) is 6.26. The first-order valence-electron chi connectivity index (χ1n) is 13.7. The third-order valence-corrected chi connectivity index (χ3v) is 8.49. The molecule has 0 aromatic rings. The van der Waals surface area contributed by atoms with Crippen LogP contribution in [0.4, 0.5) is 0 Å². The van der Waals surface area contributed by atoms with Crippen LogP contribution in [0.3, 0.4) is 0 Å². The molecular weight excluding hydrogens is 417 g/mol. The molecule has 0 rings (SSSR count). The molecule has 0 fully saturated rings. The second kappa shape index (κ2) is 20.2. The fourth-order valence-electron chi connectivity index (χ4n) is 4.24. The van der Waals surface area contributed by atoms with Crippen molar-refractivity contribution in [3.8, 4) is 0 Å². The average Bonchev–Trinajstić information content (AvgIpc) is 2.72. The van der Waals surface area contributed by atoms with Gasteiger partial charge in [-0.2, -0.15) is 0 Å². The molecule has 0 aliphatic rings. The summed E-state index contributed by atoms with van der Waals surface area (Å²) in [7, 11) is 2.36. The number of rotatable bonds is 23. The Labute approximate surface area is 201 Å². The van der Waals surface area contributed by atoms with E-state index in [1.165, 1.54) is 89.9 Å². The van der Waals surface area contributed by atoms with Crippen LogP contribution < -0.4 is 0 Å². The maximum absolute atomic E-state index is 12.6. The summed E-state index contributed by atoms with van der Waals surface area (Å²) in [5.41, 5.74) is 0. The van der Waals surface area contributed by atoms with Crippen molar-refractivity contribution in [1.29, 1.82) is 0 Å². The highest BCUT2D eigenvalue weighted by atomic mass is 31.2. The number of allylic oxidation sites excluding steroid dienone is 2. The molecule has 0 amide bonds. The van der Waals surface area contributed by atoms with Gasteiger partial charge in [0.25, 0.3) is 0 Å². The first-order chi connectivity index (χ1) is 15.3. The summed E-state index contributed by atoms with van der Waals surface area (Å²) in [4.78, 5) is 10.4. The molecule has 2 unspecified atom stereocenters. The second-order valence-electron chi connectivity index (χ2n) is 10.4. The SMILES string of the molecule is CCC/C=C\CCCCCCCCCCCCCCCOP(=O)(O)C(CCC)[N+](C)(C)C. The summed E-state index contributed by atoms with van der Waals surface area (Å²) in [6.45, 7) is 4.69. The fraction of sp³-hybridized carbons (Fsp3) is 0.926. The monoisotopic (exact) mass is 474 g/mol. The summed E-state index contributed by atoms with van der Waals surface area (Å²) in [5.74, 6) is -0.333. The van der Waals surface area contributed by atoms with Crippen LogP contribution >= 0.6 is 7.60 Å². The molecule has 4 nitrogen and oxygen atoms in total. The lowest BCUT2D eigenvalue weighted by Gasteiger charge is -2.35. The molecule has 32 heavy (non-hydrogen) atoms.